The van der Waals surface area contributed by atoms with Gasteiger partial charge < -0.3 is 5.32 Å². The number of benzene rings is 2. The third kappa shape index (κ3) is 3.46. The summed E-state index contributed by atoms with van der Waals surface area (Å²) in [6, 6.07) is 15.5. The molecule has 8 heteroatoms. The number of carbonyl (C=O) groups is 1. The molecule has 0 aliphatic carbocycles. The molecule has 1 unspecified atom stereocenters. The van der Waals surface area contributed by atoms with Gasteiger partial charge in [0.2, 0.25) is 5.91 Å². The van der Waals surface area contributed by atoms with Crippen LogP contribution in [0.4, 0.5) is 10.1 Å². The maximum Gasteiger partial charge on any atom is 0.253 e. The lowest BCUT2D eigenvalue weighted by molar-refractivity contribution is -0.120. The third-order valence-corrected chi connectivity index (χ3v) is 7.93. The standard InChI is InChI=1S/C20H17FN2O3S2/c21-16-8-3-4-9-17(16)22-20(24)18-12-14-6-1-2-7-15(14)13-23(18)28(25,26)19-10-5-11-27-19/h1-11,18H,12-13H2,(H,22,24). The van der Waals surface area contributed by atoms with E-state index in [1.165, 1.54) is 28.6 Å². The van der Waals surface area contributed by atoms with Crippen molar-refractivity contribution in [3.63, 3.8) is 0 Å². The number of halogens is 1. The second-order valence-electron chi connectivity index (χ2n) is 6.44. The van der Waals surface area contributed by atoms with Crippen molar-refractivity contribution in [2.45, 2.75) is 23.2 Å². The van der Waals surface area contributed by atoms with Crippen molar-refractivity contribution >= 4 is 33.0 Å². The topological polar surface area (TPSA) is 66.5 Å². The van der Waals surface area contributed by atoms with E-state index in [4.69, 9.17) is 0 Å². The molecular weight excluding hydrogens is 399 g/mol. The molecule has 0 radical (unpaired) electrons. The van der Waals surface area contributed by atoms with Gasteiger partial charge in [-0.05, 0) is 41.1 Å². The minimum Gasteiger partial charge on any atom is -0.322 e. The molecule has 1 amide bonds. The summed E-state index contributed by atoms with van der Waals surface area (Å²) in [5.41, 5.74) is 1.80. The number of carbonyl (C=O) groups excluding carboxylic acids is 1. The number of anilines is 1. The summed E-state index contributed by atoms with van der Waals surface area (Å²) >= 11 is 1.10. The Kier molecular flexibility index (Phi) is 5.01. The SMILES string of the molecule is O=C(Nc1ccccc1F)C1Cc2ccccc2CN1S(=O)(=O)c1cccs1. The number of nitrogens with one attached hydrogen (secondary N) is 1. The molecule has 5 nitrogen and oxygen atoms in total. The van der Waals surface area contributed by atoms with Crippen molar-refractivity contribution in [2.24, 2.45) is 0 Å². The summed E-state index contributed by atoms with van der Waals surface area (Å²) in [5, 5.41) is 4.22. The molecule has 2 heterocycles. The molecule has 1 aromatic heterocycles. The highest BCUT2D eigenvalue weighted by Crippen LogP contribution is 2.31. The Balaban J connectivity index is 1.72. The van der Waals surface area contributed by atoms with E-state index in [9.17, 15) is 17.6 Å². The molecule has 144 valence electrons. The van der Waals surface area contributed by atoms with Crippen molar-refractivity contribution in [3.8, 4) is 0 Å². The van der Waals surface area contributed by atoms with Gasteiger partial charge in [-0.25, -0.2) is 12.8 Å². The molecule has 2 aromatic carbocycles. The van der Waals surface area contributed by atoms with Gasteiger partial charge >= 0.3 is 0 Å². The molecule has 1 aliphatic heterocycles. The van der Waals surface area contributed by atoms with Gasteiger partial charge in [0.25, 0.3) is 10.0 Å². The highest BCUT2D eigenvalue weighted by atomic mass is 32.2. The lowest BCUT2D eigenvalue weighted by atomic mass is 9.95. The van der Waals surface area contributed by atoms with E-state index in [1.54, 1.807) is 17.5 Å². The van der Waals surface area contributed by atoms with Gasteiger partial charge in [0.15, 0.2) is 0 Å². The molecular formula is C20H17FN2O3S2. The maximum absolute atomic E-state index is 14.0. The van der Waals surface area contributed by atoms with Gasteiger partial charge in [-0.2, -0.15) is 4.31 Å². The van der Waals surface area contributed by atoms with Crippen molar-refractivity contribution in [3.05, 3.63) is 83.0 Å². The number of rotatable bonds is 4. The smallest absolute Gasteiger partial charge is 0.253 e. The van der Waals surface area contributed by atoms with Crippen molar-refractivity contribution in [1.29, 1.82) is 0 Å². The van der Waals surface area contributed by atoms with Gasteiger partial charge in [-0.15, -0.1) is 11.3 Å². The summed E-state index contributed by atoms with van der Waals surface area (Å²) in [4.78, 5) is 13.0. The van der Waals surface area contributed by atoms with Gasteiger partial charge in [0.05, 0.1) is 5.69 Å². The number of amides is 1. The summed E-state index contributed by atoms with van der Waals surface area (Å²) < 4.78 is 41.7. The van der Waals surface area contributed by atoms with Crippen molar-refractivity contribution in [2.75, 3.05) is 5.32 Å². The van der Waals surface area contributed by atoms with Crippen LogP contribution < -0.4 is 5.32 Å². The second kappa shape index (κ2) is 7.46. The number of thiophene rings is 1. The Bertz CT molecular complexity index is 1110. The lowest BCUT2D eigenvalue weighted by Gasteiger charge is -2.34. The van der Waals surface area contributed by atoms with Crippen LogP contribution in [-0.4, -0.2) is 24.7 Å². The first-order valence-corrected chi connectivity index (χ1v) is 11.0. The molecule has 0 saturated heterocycles. The van der Waals surface area contributed by atoms with Crippen LogP contribution in [0.5, 0.6) is 0 Å². The van der Waals surface area contributed by atoms with Crippen LogP contribution in [0.25, 0.3) is 0 Å². The lowest BCUT2D eigenvalue weighted by Crippen LogP contribution is -2.50. The molecule has 0 bridgehead atoms. The summed E-state index contributed by atoms with van der Waals surface area (Å²) in [5.74, 6) is -1.13. The van der Waals surface area contributed by atoms with E-state index < -0.39 is 27.8 Å². The third-order valence-electron chi connectivity index (χ3n) is 4.70. The second-order valence-corrected chi connectivity index (χ2v) is 9.51. The number of fused-ring (bicyclic) bond motifs is 1. The van der Waals surface area contributed by atoms with Gasteiger partial charge in [-0.3, -0.25) is 4.79 Å². The molecule has 1 N–H and O–H groups in total. The average Bonchev–Trinajstić information content (AvgIpc) is 3.24. The fraction of sp³-hybridized carbons (Fsp3) is 0.150. The van der Waals surface area contributed by atoms with E-state index in [2.05, 4.69) is 5.32 Å². The zero-order valence-corrected chi connectivity index (χ0v) is 16.3. The number of para-hydroxylation sites is 1. The Labute approximate surface area is 166 Å². The predicted octanol–water partition coefficient (Wildman–Crippen LogP) is 3.64. The van der Waals surface area contributed by atoms with Gasteiger partial charge in [0.1, 0.15) is 16.1 Å². The van der Waals surface area contributed by atoms with Crippen LogP contribution in [0.2, 0.25) is 0 Å². The Hall–Kier alpha value is -2.55. The first kappa shape index (κ1) is 18.8. The summed E-state index contributed by atoms with van der Waals surface area (Å²) in [6.45, 7) is 0.0891. The van der Waals surface area contributed by atoms with Crippen LogP contribution in [0.3, 0.4) is 0 Å². The van der Waals surface area contributed by atoms with E-state index in [-0.39, 0.29) is 22.9 Å². The minimum atomic E-state index is -3.86. The van der Waals surface area contributed by atoms with Crippen molar-refractivity contribution in [1.82, 2.24) is 4.31 Å². The van der Waals surface area contributed by atoms with Crippen LogP contribution in [-0.2, 0) is 27.8 Å². The van der Waals surface area contributed by atoms with Crippen LogP contribution in [0.1, 0.15) is 11.1 Å². The molecule has 3 aromatic rings. The highest BCUT2D eigenvalue weighted by Gasteiger charge is 2.40. The normalized spacial score (nSPS) is 17.1. The monoisotopic (exact) mass is 416 g/mol. The average molecular weight is 416 g/mol. The Morgan fingerprint density at radius 3 is 2.46 bits per heavy atom. The fourth-order valence-electron chi connectivity index (χ4n) is 3.28. The van der Waals surface area contributed by atoms with Crippen LogP contribution in [0, 0.1) is 5.82 Å². The molecule has 1 aliphatic rings. The number of hydrogen-bond donors (Lipinski definition) is 1. The van der Waals surface area contributed by atoms with E-state index in [1.807, 2.05) is 24.3 Å². The number of nitrogens with zero attached hydrogens (tertiary/aromatic N) is 1. The van der Waals surface area contributed by atoms with E-state index in [0.717, 1.165) is 22.5 Å². The molecule has 0 spiro atoms. The predicted molar refractivity (Wildman–Crippen MR) is 106 cm³/mol. The number of hydrogen-bond acceptors (Lipinski definition) is 4. The summed E-state index contributed by atoms with van der Waals surface area (Å²) in [7, 11) is -3.86. The molecule has 28 heavy (non-hydrogen) atoms. The highest BCUT2D eigenvalue weighted by molar-refractivity contribution is 7.91. The first-order chi connectivity index (χ1) is 13.5. The summed E-state index contributed by atoms with van der Waals surface area (Å²) in [6.07, 6.45) is 0.223. The Morgan fingerprint density at radius 2 is 1.75 bits per heavy atom. The minimum absolute atomic E-state index is 0.0276. The first-order valence-electron chi connectivity index (χ1n) is 8.64. The molecule has 1 atom stereocenters. The quantitative estimate of drug-likeness (QED) is 0.706. The zero-order chi connectivity index (χ0) is 19.7. The zero-order valence-electron chi connectivity index (χ0n) is 14.7. The molecule has 4 rings (SSSR count). The number of sulfonamides is 1. The van der Waals surface area contributed by atoms with Crippen LogP contribution >= 0.6 is 11.3 Å². The van der Waals surface area contributed by atoms with E-state index >= 15 is 0 Å². The van der Waals surface area contributed by atoms with Crippen molar-refractivity contribution < 1.29 is 17.6 Å². The fourth-order valence-corrected chi connectivity index (χ4v) is 5.96. The van der Waals surface area contributed by atoms with E-state index in [0.29, 0.717) is 0 Å². The molecule has 0 fully saturated rings. The maximum atomic E-state index is 14.0. The Morgan fingerprint density at radius 1 is 1.04 bits per heavy atom. The largest absolute Gasteiger partial charge is 0.322 e. The van der Waals surface area contributed by atoms with Gasteiger partial charge in [-0.1, -0.05) is 42.5 Å². The van der Waals surface area contributed by atoms with Gasteiger partial charge in [0, 0.05) is 6.54 Å². The molecule has 0 saturated carbocycles. The van der Waals surface area contributed by atoms with Crippen LogP contribution in [0.15, 0.2) is 70.3 Å².